The van der Waals surface area contributed by atoms with E-state index in [0.29, 0.717) is 17.8 Å². The lowest BCUT2D eigenvalue weighted by Gasteiger charge is -2.21. The average Bonchev–Trinajstić information content (AvgIpc) is 2.96. The number of carbonyl (C=O) groups excluding carboxylic acids is 1. The summed E-state index contributed by atoms with van der Waals surface area (Å²) in [6.45, 7) is 3.42. The Hall–Kier alpha value is -1.63. The van der Waals surface area contributed by atoms with E-state index in [0.717, 1.165) is 19.4 Å². The molecule has 0 radical (unpaired) electrons. The Morgan fingerprint density at radius 2 is 2.50 bits per heavy atom. The first-order valence-corrected chi connectivity index (χ1v) is 6.05. The van der Waals surface area contributed by atoms with E-state index in [4.69, 9.17) is 9.26 Å². The van der Waals surface area contributed by atoms with Gasteiger partial charge in [0.25, 0.3) is 5.89 Å². The lowest BCUT2D eigenvalue weighted by molar-refractivity contribution is 0.151. The number of hydrogen-bond donors (Lipinski definition) is 1. The topological polar surface area (TPSA) is 80.5 Å². The summed E-state index contributed by atoms with van der Waals surface area (Å²) in [7, 11) is 1.56. The molecule has 0 bridgehead atoms. The number of amides is 2. The molecule has 1 saturated heterocycles. The van der Waals surface area contributed by atoms with E-state index in [1.807, 2.05) is 4.90 Å². The predicted octanol–water partition coefficient (Wildman–Crippen LogP) is 0.910. The highest BCUT2D eigenvalue weighted by Gasteiger charge is 2.24. The summed E-state index contributed by atoms with van der Waals surface area (Å²) in [5, 5.41) is 6.54. The first-order chi connectivity index (χ1) is 8.70. The van der Waals surface area contributed by atoms with Crippen molar-refractivity contribution in [3.8, 4) is 0 Å². The van der Waals surface area contributed by atoms with Gasteiger partial charge >= 0.3 is 6.03 Å². The van der Waals surface area contributed by atoms with Crippen LogP contribution < -0.4 is 5.32 Å². The van der Waals surface area contributed by atoms with Crippen molar-refractivity contribution in [2.24, 2.45) is 0 Å². The molecule has 1 atom stereocenters. The second-order valence-corrected chi connectivity index (χ2v) is 4.38. The van der Waals surface area contributed by atoms with Gasteiger partial charge in [-0.3, -0.25) is 0 Å². The minimum absolute atomic E-state index is 0.0712. The van der Waals surface area contributed by atoms with Crippen molar-refractivity contribution < 1.29 is 14.1 Å². The van der Waals surface area contributed by atoms with Gasteiger partial charge in [-0.2, -0.15) is 4.98 Å². The zero-order valence-electron chi connectivity index (χ0n) is 10.7. The maximum atomic E-state index is 11.9. The fraction of sp³-hybridized carbons (Fsp3) is 0.727. The van der Waals surface area contributed by atoms with Gasteiger partial charge in [0.1, 0.15) is 6.61 Å². The molecule has 1 aromatic heterocycles. The highest BCUT2D eigenvalue weighted by molar-refractivity contribution is 5.74. The molecule has 0 saturated carbocycles. The predicted molar refractivity (Wildman–Crippen MR) is 62.6 cm³/mol. The molecule has 1 aliphatic heterocycles. The lowest BCUT2D eigenvalue weighted by atomic mass is 10.2. The molecule has 0 aromatic carbocycles. The summed E-state index contributed by atoms with van der Waals surface area (Å²) in [6.07, 6.45) is 2.13. The molecule has 1 fully saturated rings. The van der Waals surface area contributed by atoms with Crippen LogP contribution in [0.5, 0.6) is 0 Å². The lowest BCUT2D eigenvalue weighted by Crippen LogP contribution is -2.41. The van der Waals surface area contributed by atoms with E-state index in [1.165, 1.54) is 0 Å². The molecular weight excluding hydrogens is 236 g/mol. The zero-order valence-corrected chi connectivity index (χ0v) is 10.7. The first kappa shape index (κ1) is 12.8. The van der Waals surface area contributed by atoms with Crippen molar-refractivity contribution in [2.45, 2.75) is 39.0 Å². The highest BCUT2D eigenvalue weighted by Crippen LogP contribution is 2.16. The number of ether oxygens (including phenoxy) is 1. The number of nitrogens with one attached hydrogen (secondary N) is 1. The van der Waals surface area contributed by atoms with Gasteiger partial charge in [-0.25, -0.2) is 4.79 Å². The van der Waals surface area contributed by atoms with Crippen molar-refractivity contribution in [3.05, 3.63) is 11.7 Å². The van der Waals surface area contributed by atoms with Gasteiger partial charge in [0.15, 0.2) is 5.82 Å². The molecule has 7 nitrogen and oxygen atoms in total. The second kappa shape index (κ2) is 5.81. The quantitative estimate of drug-likeness (QED) is 0.863. The monoisotopic (exact) mass is 254 g/mol. The maximum absolute atomic E-state index is 11.9. The molecule has 100 valence electrons. The second-order valence-electron chi connectivity index (χ2n) is 4.38. The zero-order chi connectivity index (χ0) is 13.0. The number of aromatic nitrogens is 2. The summed E-state index contributed by atoms with van der Waals surface area (Å²) >= 11 is 0. The number of likely N-dealkylation sites (tertiary alicyclic amines) is 1. The Morgan fingerprint density at radius 3 is 3.17 bits per heavy atom. The largest absolute Gasteiger partial charge is 0.375 e. The van der Waals surface area contributed by atoms with Gasteiger partial charge in [0.05, 0.1) is 6.54 Å². The fourth-order valence-electron chi connectivity index (χ4n) is 2.04. The minimum atomic E-state index is -0.0712. The van der Waals surface area contributed by atoms with E-state index >= 15 is 0 Å². The van der Waals surface area contributed by atoms with Gasteiger partial charge in [-0.1, -0.05) is 5.16 Å². The van der Waals surface area contributed by atoms with Crippen molar-refractivity contribution in [3.63, 3.8) is 0 Å². The number of carbonyl (C=O) groups is 1. The standard InChI is InChI=1S/C11H18N4O3/c1-8-4-3-5-15(8)11(16)12-6-9-13-10(7-17-2)18-14-9/h8H,3-7H2,1-2H3,(H,12,16). The summed E-state index contributed by atoms with van der Waals surface area (Å²) in [4.78, 5) is 17.8. The van der Waals surface area contributed by atoms with Crippen LogP contribution in [-0.4, -0.2) is 40.8 Å². The molecular formula is C11H18N4O3. The Kier molecular flexibility index (Phi) is 4.14. The fourth-order valence-corrected chi connectivity index (χ4v) is 2.04. The van der Waals surface area contributed by atoms with Crippen LogP contribution in [0, 0.1) is 0 Å². The van der Waals surface area contributed by atoms with E-state index in [9.17, 15) is 4.79 Å². The smallest absolute Gasteiger partial charge is 0.318 e. The van der Waals surface area contributed by atoms with Gasteiger partial charge < -0.3 is 19.5 Å². The highest BCUT2D eigenvalue weighted by atomic mass is 16.5. The third-order valence-corrected chi connectivity index (χ3v) is 2.99. The van der Waals surface area contributed by atoms with Crippen LogP contribution in [0.3, 0.4) is 0 Å². The van der Waals surface area contributed by atoms with Crippen LogP contribution >= 0.6 is 0 Å². The van der Waals surface area contributed by atoms with Crippen LogP contribution in [0.4, 0.5) is 4.79 Å². The van der Waals surface area contributed by atoms with E-state index in [-0.39, 0.29) is 19.2 Å². The minimum Gasteiger partial charge on any atom is -0.375 e. The van der Waals surface area contributed by atoms with Crippen molar-refractivity contribution in [2.75, 3.05) is 13.7 Å². The Bertz CT molecular complexity index is 407. The van der Waals surface area contributed by atoms with Gasteiger partial charge in [0, 0.05) is 19.7 Å². The van der Waals surface area contributed by atoms with Crippen LogP contribution in [0.2, 0.25) is 0 Å². The van der Waals surface area contributed by atoms with Gasteiger partial charge in [-0.15, -0.1) is 0 Å². The van der Waals surface area contributed by atoms with Gasteiger partial charge in [-0.05, 0) is 19.8 Å². The van der Waals surface area contributed by atoms with E-state index in [1.54, 1.807) is 7.11 Å². The Morgan fingerprint density at radius 1 is 1.67 bits per heavy atom. The molecule has 7 heteroatoms. The van der Waals surface area contributed by atoms with E-state index in [2.05, 4.69) is 22.4 Å². The van der Waals surface area contributed by atoms with Crippen LogP contribution in [-0.2, 0) is 17.9 Å². The van der Waals surface area contributed by atoms with Gasteiger partial charge in [0.2, 0.25) is 0 Å². The molecule has 1 N–H and O–H groups in total. The summed E-state index contributed by atoms with van der Waals surface area (Å²) in [5.41, 5.74) is 0. The third kappa shape index (κ3) is 2.98. The average molecular weight is 254 g/mol. The molecule has 1 aromatic rings. The summed E-state index contributed by atoms with van der Waals surface area (Å²) < 4.78 is 9.80. The number of rotatable bonds is 4. The third-order valence-electron chi connectivity index (χ3n) is 2.99. The molecule has 2 rings (SSSR count). The molecule has 1 unspecified atom stereocenters. The SMILES string of the molecule is COCc1nc(CNC(=O)N2CCCC2C)no1. The molecule has 0 spiro atoms. The number of methoxy groups -OCH3 is 1. The number of nitrogens with zero attached hydrogens (tertiary/aromatic N) is 3. The van der Waals surface area contributed by atoms with Crippen LogP contribution in [0.25, 0.3) is 0 Å². The molecule has 2 heterocycles. The summed E-state index contributed by atoms with van der Waals surface area (Å²) in [6, 6.07) is 0.234. The number of hydrogen-bond acceptors (Lipinski definition) is 5. The molecule has 2 amide bonds. The van der Waals surface area contributed by atoms with Crippen LogP contribution in [0.15, 0.2) is 4.52 Å². The van der Waals surface area contributed by atoms with Crippen LogP contribution in [0.1, 0.15) is 31.5 Å². The normalized spacial score (nSPS) is 19.2. The molecule has 1 aliphatic rings. The molecule has 0 aliphatic carbocycles. The van der Waals surface area contributed by atoms with E-state index < -0.39 is 0 Å². The van der Waals surface area contributed by atoms with Crippen molar-refractivity contribution >= 4 is 6.03 Å². The maximum Gasteiger partial charge on any atom is 0.318 e. The van der Waals surface area contributed by atoms with Crippen molar-refractivity contribution in [1.82, 2.24) is 20.4 Å². The number of urea groups is 1. The Balaban J connectivity index is 1.81. The van der Waals surface area contributed by atoms with Crippen molar-refractivity contribution in [1.29, 1.82) is 0 Å². The Labute approximate surface area is 105 Å². The summed E-state index contributed by atoms with van der Waals surface area (Å²) in [5.74, 6) is 0.874. The molecule has 18 heavy (non-hydrogen) atoms. The first-order valence-electron chi connectivity index (χ1n) is 6.05.